The second-order valence-electron chi connectivity index (χ2n) is 5.35. The van der Waals surface area contributed by atoms with Crippen LogP contribution in [0.5, 0.6) is 0 Å². The molecule has 0 unspecified atom stereocenters. The van der Waals surface area contributed by atoms with Crippen molar-refractivity contribution < 1.29 is 4.79 Å². The van der Waals surface area contributed by atoms with Crippen LogP contribution in [0.15, 0.2) is 30.5 Å². The zero-order valence-electron chi connectivity index (χ0n) is 13.5. The molecule has 0 fully saturated rings. The number of likely N-dealkylation sites (N-methyl/N-ethyl adjacent to an activating group) is 1. The van der Waals surface area contributed by atoms with E-state index in [1.54, 1.807) is 10.9 Å². The Morgan fingerprint density at radius 2 is 2.09 bits per heavy atom. The third-order valence-corrected chi connectivity index (χ3v) is 3.55. The molecule has 23 heavy (non-hydrogen) atoms. The van der Waals surface area contributed by atoms with Crippen molar-refractivity contribution in [3.05, 3.63) is 46.7 Å². The van der Waals surface area contributed by atoms with Crippen molar-refractivity contribution in [2.75, 3.05) is 20.1 Å². The lowest BCUT2D eigenvalue weighted by atomic mass is 10.1. The molecule has 2 rings (SSSR count). The van der Waals surface area contributed by atoms with Gasteiger partial charge in [0.2, 0.25) is 0 Å². The van der Waals surface area contributed by atoms with E-state index >= 15 is 0 Å². The highest BCUT2D eigenvalue weighted by Gasteiger charge is 2.20. The number of nitrogens with one attached hydrogen (secondary N) is 2. The molecule has 1 aromatic heterocycles. The smallest absolute Gasteiger partial charge is 0.254 e. The third-order valence-electron chi connectivity index (χ3n) is 3.31. The number of aromatic nitrogens is 2. The van der Waals surface area contributed by atoms with Gasteiger partial charge in [-0.25, -0.2) is 4.68 Å². The Morgan fingerprint density at radius 3 is 2.70 bits per heavy atom. The molecular weight excluding hydrogens is 335 g/mol. The van der Waals surface area contributed by atoms with Gasteiger partial charge in [0.05, 0.1) is 23.1 Å². The molecule has 0 aliphatic carbocycles. The normalized spacial score (nSPS) is 10.5. The molecule has 1 heterocycles. The lowest BCUT2D eigenvalue weighted by Crippen LogP contribution is -2.31. The summed E-state index contributed by atoms with van der Waals surface area (Å²) < 4.78 is 1.78. The van der Waals surface area contributed by atoms with Crippen molar-refractivity contribution >= 4 is 29.9 Å². The number of halogens is 2. The standard InChI is InChI=1S/C16H21ClN4O.ClH/c1-11(2)15-14(16(22)19-8-7-18-3)10-20-21(15)13-6-4-5-12(17)9-13;/h4-6,9-11,18H,7-8H2,1-3H3,(H,19,22);1H. The van der Waals surface area contributed by atoms with E-state index in [2.05, 4.69) is 15.7 Å². The fourth-order valence-corrected chi connectivity index (χ4v) is 2.48. The fourth-order valence-electron chi connectivity index (χ4n) is 2.30. The maximum Gasteiger partial charge on any atom is 0.254 e. The summed E-state index contributed by atoms with van der Waals surface area (Å²) in [4.78, 5) is 12.3. The maximum atomic E-state index is 12.3. The highest BCUT2D eigenvalue weighted by atomic mass is 35.5. The molecule has 2 N–H and O–H groups in total. The van der Waals surface area contributed by atoms with E-state index in [0.717, 1.165) is 17.9 Å². The Morgan fingerprint density at radius 1 is 1.35 bits per heavy atom. The van der Waals surface area contributed by atoms with Gasteiger partial charge in [-0.15, -0.1) is 12.4 Å². The number of carbonyl (C=O) groups is 1. The number of rotatable bonds is 6. The molecule has 7 heteroatoms. The Bertz CT molecular complexity index is 655. The van der Waals surface area contributed by atoms with Crippen molar-refractivity contribution in [2.24, 2.45) is 0 Å². The summed E-state index contributed by atoms with van der Waals surface area (Å²) in [6.07, 6.45) is 1.62. The molecule has 0 spiro atoms. The van der Waals surface area contributed by atoms with Gasteiger partial charge >= 0.3 is 0 Å². The van der Waals surface area contributed by atoms with Gasteiger partial charge in [-0.2, -0.15) is 5.10 Å². The zero-order chi connectivity index (χ0) is 16.1. The number of nitrogens with zero attached hydrogens (tertiary/aromatic N) is 2. The van der Waals surface area contributed by atoms with Crippen LogP contribution in [-0.2, 0) is 0 Å². The number of amides is 1. The van der Waals surface area contributed by atoms with Gasteiger partial charge in [-0.05, 0) is 31.2 Å². The monoisotopic (exact) mass is 356 g/mol. The lowest BCUT2D eigenvalue weighted by Gasteiger charge is -2.13. The first-order valence-electron chi connectivity index (χ1n) is 7.31. The van der Waals surface area contributed by atoms with E-state index in [0.29, 0.717) is 17.1 Å². The Kier molecular flexibility index (Phi) is 7.55. The first-order chi connectivity index (χ1) is 10.5. The molecular formula is C16H22Cl2N4O. The van der Waals surface area contributed by atoms with Crippen LogP contribution in [0.2, 0.25) is 5.02 Å². The molecule has 1 amide bonds. The molecule has 0 radical (unpaired) electrons. The van der Waals surface area contributed by atoms with E-state index in [1.807, 2.05) is 45.2 Å². The average molecular weight is 357 g/mol. The molecule has 1 aromatic carbocycles. The predicted molar refractivity (Wildman–Crippen MR) is 96.2 cm³/mol. The zero-order valence-corrected chi connectivity index (χ0v) is 15.0. The maximum absolute atomic E-state index is 12.3. The molecule has 0 aliphatic heterocycles. The second kappa shape index (κ2) is 8.91. The molecule has 5 nitrogen and oxygen atoms in total. The summed E-state index contributed by atoms with van der Waals surface area (Å²) in [6.45, 7) is 5.39. The van der Waals surface area contributed by atoms with Crippen LogP contribution in [0.1, 0.15) is 35.8 Å². The van der Waals surface area contributed by atoms with E-state index in [4.69, 9.17) is 11.6 Å². The van der Waals surface area contributed by atoms with E-state index < -0.39 is 0 Å². The first-order valence-corrected chi connectivity index (χ1v) is 7.69. The summed E-state index contributed by atoms with van der Waals surface area (Å²) in [7, 11) is 1.85. The van der Waals surface area contributed by atoms with Gasteiger partial charge in [0.1, 0.15) is 0 Å². The first kappa shape index (κ1) is 19.5. The number of carbonyl (C=O) groups excluding carboxylic acids is 1. The molecule has 0 aliphatic rings. The Balaban J connectivity index is 0.00000264. The third kappa shape index (κ3) is 4.70. The van der Waals surface area contributed by atoms with E-state index in [9.17, 15) is 4.79 Å². The molecule has 2 aromatic rings. The van der Waals surface area contributed by atoms with Gasteiger partial charge in [0.15, 0.2) is 0 Å². The van der Waals surface area contributed by atoms with Crippen LogP contribution in [0, 0.1) is 0 Å². The van der Waals surface area contributed by atoms with E-state index in [1.165, 1.54) is 0 Å². The van der Waals surface area contributed by atoms with Gasteiger partial charge in [0, 0.05) is 18.1 Å². The summed E-state index contributed by atoms with van der Waals surface area (Å²) in [5.74, 6) is 0.0544. The van der Waals surface area contributed by atoms with Crippen molar-refractivity contribution in [1.82, 2.24) is 20.4 Å². The van der Waals surface area contributed by atoms with Crippen LogP contribution in [0.4, 0.5) is 0 Å². The molecule has 0 atom stereocenters. The second-order valence-corrected chi connectivity index (χ2v) is 5.79. The van der Waals surface area contributed by atoms with Crippen LogP contribution in [0.3, 0.4) is 0 Å². The minimum absolute atomic E-state index is 0. The van der Waals surface area contributed by atoms with Gasteiger partial charge in [0.25, 0.3) is 5.91 Å². The van der Waals surface area contributed by atoms with Crippen molar-refractivity contribution in [2.45, 2.75) is 19.8 Å². The molecule has 126 valence electrons. The highest BCUT2D eigenvalue weighted by Crippen LogP contribution is 2.24. The number of hydrogen-bond acceptors (Lipinski definition) is 3. The quantitative estimate of drug-likeness (QED) is 0.782. The number of benzene rings is 1. The lowest BCUT2D eigenvalue weighted by molar-refractivity contribution is 0.0953. The molecule has 0 saturated heterocycles. The van der Waals surface area contributed by atoms with E-state index in [-0.39, 0.29) is 24.2 Å². The van der Waals surface area contributed by atoms with Gasteiger partial charge < -0.3 is 10.6 Å². The summed E-state index contributed by atoms with van der Waals surface area (Å²) in [5.41, 5.74) is 2.33. The fraction of sp³-hybridized carbons (Fsp3) is 0.375. The van der Waals surface area contributed by atoms with Crippen LogP contribution in [0.25, 0.3) is 5.69 Å². The minimum atomic E-state index is -0.104. The molecule has 0 saturated carbocycles. The average Bonchev–Trinajstić information content (AvgIpc) is 2.92. The van der Waals surface area contributed by atoms with Crippen molar-refractivity contribution in [1.29, 1.82) is 0 Å². The number of hydrogen-bond donors (Lipinski definition) is 2. The summed E-state index contributed by atoms with van der Waals surface area (Å²) in [5, 5.41) is 10.9. The van der Waals surface area contributed by atoms with Crippen LogP contribution >= 0.6 is 24.0 Å². The molecule has 0 bridgehead atoms. The van der Waals surface area contributed by atoms with Gasteiger partial charge in [-0.3, -0.25) is 4.79 Å². The largest absolute Gasteiger partial charge is 0.351 e. The van der Waals surface area contributed by atoms with Crippen LogP contribution in [-0.4, -0.2) is 35.8 Å². The Labute approximate surface area is 147 Å². The minimum Gasteiger partial charge on any atom is -0.351 e. The Hall–Kier alpha value is -1.56. The van der Waals surface area contributed by atoms with Crippen molar-refractivity contribution in [3.8, 4) is 5.69 Å². The SMILES string of the molecule is CNCCNC(=O)c1cnn(-c2cccc(Cl)c2)c1C(C)C.Cl. The van der Waals surface area contributed by atoms with Gasteiger partial charge in [-0.1, -0.05) is 31.5 Å². The van der Waals surface area contributed by atoms with Crippen LogP contribution < -0.4 is 10.6 Å². The van der Waals surface area contributed by atoms with Crippen molar-refractivity contribution in [3.63, 3.8) is 0 Å². The highest BCUT2D eigenvalue weighted by molar-refractivity contribution is 6.30. The predicted octanol–water partition coefficient (Wildman–Crippen LogP) is 3.02. The summed E-state index contributed by atoms with van der Waals surface area (Å²) >= 11 is 6.05. The summed E-state index contributed by atoms with van der Waals surface area (Å²) in [6, 6.07) is 7.45. The topological polar surface area (TPSA) is 58.9 Å².